The molecule has 0 aliphatic carbocycles. The van der Waals surface area contributed by atoms with E-state index in [1.165, 1.54) is 6.08 Å². The second-order valence-electron chi connectivity index (χ2n) is 3.42. The van der Waals surface area contributed by atoms with E-state index in [1.807, 2.05) is 24.3 Å². The minimum Gasteiger partial charge on any atom is -0.496 e. The van der Waals surface area contributed by atoms with Crippen LogP contribution in [0.25, 0.3) is 16.8 Å². The van der Waals surface area contributed by atoms with E-state index in [0.717, 1.165) is 22.6 Å². The van der Waals surface area contributed by atoms with Crippen molar-refractivity contribution in [2.45, 2.75) is 0 Å². The molecular weight excluding hydrogens is 218 g/mol. The van der Waals surface area contributed by atoms with E-state index in [-0.39, 0.29) is 0 Å². The van der Waals surface area contributed by atoms with E-state index in [4.69, 9.17) is 9.84 Å². The van der Waals surface area contributed by atoms with Crippen LogP contribution in [0, 0.1) is 0 Å². The van der Waals surface area contributed by atoms with Gasteiger partial charge in [0.2, 0.25) is 0 Å². The van der Waals surface area contributed by atoms with E-state index in [1.54, 1.807) is 13.3 Å². The number of benzene rings is 1. The van der Waals surface area contributed by atoms with Crippen LogP contribution in [0.5, 0.6) is 5.75 Å². The van der Waals surface area contributed by atoms with E-state index in [0.29, 0.717) is 5.69 Å². The van der Waals surface area contributed by atoms with E-state index >= 15 is 0 Å². The Balaban J connectivity index is 2.62. The summed E-state index contributed by atoms with van der Waals surface area (Å²) in [6, 6.07) is 7.42. The maximum atomic E-state index is 10.5. The summed E-state index contributed by atoms with van der Waals surface area (Å²) < 4.78 is 5.24. The topological polar surface area (TPSA) is 59.4 Å². The molecule has 0 aliphatic heterocycles. The Morgan fingerprint density at radius 1 is 1.35 bits per heavy atom. The maximum Gasteiger partial charge on any atom is 0.328 e. The number of nitrogens with zero attached hydrogens (tertiary/aromatic N) is 1. The highest BCUT2D eigenvalue weighted by Gasteiger charge is 2.04. The lowest BCUT2D eigenvalue weighted by Gasteiger charge is -2.06. The first kappa shape index (κ1) is 11.1. The lowest BCUT2D eigenvalue weighted by molar-refractivity contribution is -0.131. The van der Waals surface area contributed by atoms with Gasteiger partial charge in [0.25, 0.3) is 0 Å². The number of aliphatic carboxylic acids is 1. The number of ether oxygens (including phenoxy) is 1. The fourth-order valence-electron chi connectivity index (χ4n) is 1.66. The Bertz CT molecular complexity index is 590. The van der Waals surface area contributed by atoms with Crippen molar-refractivity contribution >= 4 is 22.8 Å². The van der Waals surface area contributed by atoms with Crippen LogP contribution in [0.15, 0.2) is 36.5 Å². The molecule has 17 heavy (non-hydrogen) atoms. The summed E-state index contributed by atoms with van der Waals surface area (Å²) in [4.78, 5) is 14.6. The van der Waals surface area contributed by atoms with Crippen LogP contribution in [0.2, 0.25) is 0 Å². The normalized spacial score (nSPS) is 10.9. The molecule has 0 spiro atoms. The Morgan fingerprint density at radius 3 is 2.88 bits per heavy atom. The Labute approximate surface area is 98.2 Å². The second-order valence-corrected chi connectivity index (χ2v) is 3.42. The van der Waals surface area contributed by atoms with Crippen LogP contribution in [-0.2, 0) is 4.79 Å². The molecule has 0 amide bonds. The number of hydrogen-bond donors (Lipinski definition) is 1. The lowest BCUT2D eigenvalue weighted by atomic mass is 10.1. The van der Waals surface area contributed by atoms with Crippen molar-refractivity contribution in [1.29, 1.82) is 0 Å². The molecular formula is C13H11NO3. The van der Waals surface area contributed by atoms with Crippen LogP contribution in [0.1, 0.15) is 5.69 Å². The largest absolute Gasteiger partial charge is 0.496 e. The number of aromatic nitrogens is 1. The molecule has 4 nitrogen and oxygen atoms in total. The summed E-state index contributed by atoms with van der Waals surface area (Å²) in [5.41, 5.74) is 0.615. The van der Waals surface area contributed by atoms with E-state index < -0.39 is 5.97 Å². The molecule has 0 fully saturated rings. The average Bonchev–Trinajstić information content (AvgIpc) is 2.35. The van der Waals surface area contributed by atoms with Crippen molar-refractivity contribution in [2.24, 2.45) is 0 Å². The minimum absolute atomic E-state index is 0.615. The van der Waals surface area contributed by atoms with Gasteiger partial charge in [-0.05, 0) is 18.2 Å². The molecule has 0 aliphatic rings. The molecule has 0 atom stereocenters. The molecule has 2 aromatic rings. The highest BCUT2D eigenvalue weighted by molar-refractivity contribution is 5.95. The summed E-state index contributed by atoms with van der Waals surface area (Å²) in [5.74, 6) is -0.249. The van der Waals surface area contributed by atoms with Gasteiger partial charge in [-0.15, -0.1) is 0 Å². The van der Waals surface area contributed by atoms with Crippen molar-refractivity contribution in [3.8, 4) is 5.75 Å². The summed E-state index contributed by atoms with van der Waals surface area (Å²) in [6.07, 6.45) is 4.18. The number of carbonyl (C=O) groups is 1. The van der Waals surface area contributed by atoms with Crippen molar-refractivity contribution in [3.05, 3.63) is 42.2 Å². The molecule has 2 rings (SSSR count). The van der Waals surface area contributed by atoms with Gasteiger partial charge in [-0.3, -0.25) is 4.98 Å². The fourth-order valence-corrected chi connectivity index (χ4v) is 1.66. The lowest BCUT2D eigenvalue weighted by Crippen LogP contribution is -1.90. The summed E-state index contributed by atoms with van der Waals surface area (Å²) in [6.45, 7) is 0. The first-order valence-corrected chi connectivity index (χ1v) is 5.05. The van der Waals surface area contributed by atoms with Crippen molar-refractivity contribution in [3.63, 3.8) is 0 Å². The molecule has 0 unspecified atom stereocenters. The van der Waals surface area contributed by atoms with E-state index in [9.17, 15) is 4.79 Å². The zero-order chi connectivity index (χ0) is 12.3. The number of rotatable bonds is 3. The number of methoxy groups -OCH3 is 1. The molecule has 1 aromatic heterocycles. The summed E-state index contributed by atoms with van der Waals surface area (Å²) in [7, 11) is 1.60. The zero-order valence-corrected chi connectivity index (χ0v) is 9.25. The SMILES string of the molecule is COc1cccc2c(/C=C/C(=O)O)nccc12. The monoisotopic (exact) mass is 229 g/mol. The van der Waals surface area contributed by atoms with Gasteiger partial charge in [-0.1, -0.05) is 12.1 Å². The van der Waals surface area contributed by atoms with Gasteiger partial charge < -0.3 is 9.84 Å². The molecule has 86 valence electrons. The number of carboxylic acid groups (broad SMARTS) is 1. The van der Waals surface area contributed by atoms with Gasteiger partial charge >= 0.3 is 5.97 Å². The Kier molecular flexibility index (Phi) is 3.05. The number of pyridine rings is 1. The van der Waals surface area contributed by atoms with Crippen LogP contribution in [-0.4, -0.2) is 23.2 Å². The van der Waals surface area contributed by atoms with Crippen LogP contribution in [0.4, 0.5) is 0 Å². The molecule has 1 N–H and O–H groups in total. The predicted molar refractivity (Wildman–Crippen MR) is 65.0 cm³/mol. The predicted octanol–water partition coefficient (Wildman–Crippen LogP) is 2.34. The zero-order valence-electron chi connectivity index (χ0n) is 9.25. The van der Waals surface area contributed by atoms with Gasteiger partial charge in [-0.25, -0.2) is 4.79 Å². The minimum atomic E-state index is -0.994. The van der Waals surface area contributed by atoms with Gasteiger partial charge in [-0.2, -0.15) is 0 Å². The highest BCUT2D eigenvalue weighted by atomic mass is 16.5. The van der Waals surface area contributed by atoms with Gasteiger partial charge in [0.1, 0.15) is 5.75 Å². The maximum absolute atomic E-state index is 10.5. The standard InChI is InChI=1S/C13H11NO3/c1-17-12-4-2-3-9-10(12)7-8-14-11(9)5-6-13(15)16/h2-8H,1H3,(H,15,16)/b6-5+. The van der Waals surface area contributed by atoms with E-state index in [2.05, 4.69) is 4.98 Å². The van der Waals surface area contributed by atoms with Crippen LogP contribution < -0.4 is 4.74 Å². The Morgan fingerprint density at radius 2 is 2.18 bits per heavy atom. The Hall–Kier alpha value is -2.36. The number of fused-ring (bicyclic) bond motifs is 1. The van der Waals surface area contributed by atoms with Crippen LogP contribution >= 0.6 is 0 Å². The van der Waals surface area contributed by atoms with Crippen molar-refractivity contribution < 1.29 is 14.6 Å². The van der Waals surface area contributed by atoms with Gasteiger partial charge in [0, 0.05) is 23.0 Å². The molecule has 4 heteroatoms. The highest BCUT2D eigenvalue weighted by Crippen LogP contribution is 2.26. The second kappa shape index (κ2) is 4.65. The quantitative estimate of drug-likeness (QED) is 0.820. The summed E-state index contributed by atoms with van der Waals surface area (Å²) in [5, 5.41) is 10.4. The fraction of sp³-hybridized carbons (Fsp3) is 0.0769. The third-order valence-electron chi connectivity index (χ3n) is 2.40. The summed E-state index contributed by atoms with van der Waals surface area (Å²) >= 11 is 0. The third kappa shape index (κ3) is 2.25. The molecule has 0 radical (unpaired) electrons. The molecule has 0 bridgehead atoms. The van der Waals surface area contributed by atoms with Gasteiger partial charge in [0.05, 0.1) is 12.8 Å². The van der Waals surface area contributed by atoms with Crippen molar-refractivity contribution in [1.82, 2.24) is 4.98 Å². The van der Waals surface area contributed by atoms with Crippen LogP contribution in [0.3, 0.4) is 0 Å². The molecule has 1 heterocycles. The average molecular weight is 229 g/mol. The molecule has 0 saturated heterocycles. The number of carboxylic acids is 1. The smallest absolute Gasteiger partial charge is 0.328 e. The first-order chi connectivity index (χ1) is 8.22. The molecule has 0 saturated carbocycles. The van der Waals surface area contributed by atoms with Crippen molar-refractivity contribution in [2.75, 3.05) is 7.11 Å². The first-order valence-electron chi connectivity index (χ1n) is 5.05. The van der Waals surface area contributed by atoms with Gasteiger partial charge in [0.15, 0.2) is 0 Å². The molecule has 1 aromatic carbocycles. The third-order valence-corrected chi connectivity index (χ3v) is 2.40. The number of hydrogen-bond acceptors (Lipinski definition) is 3.